The van der Waals surface area contributed by atoms with Crippen LogP contribution in [-0.4, -0.2) is 51.9 Å². The lowest BCUT2D eigenvalue weighted by Gasteiger charge is -2.15. The molecule has 1 aromatic rings. The van der Waals surface area contributed by atoms with E-state index in [9.17, 15) is 13.2 Å². The van der Waals surface area contributed by atoms with Crippen LogP contribution in [0.1, 0.15) is 6.42 Å². The van der Waals surface area contributed by atoms with E-state index in [1.54, 1.807) is 0 Å². The molecule has 1 fully saturated rings. The van der Waals surface area contributed by atoms with Gasteiger partial charge in [0.15, 0.2) is 4.60 Å². The first-order valence-electron chi connectivity index (χ1n) is 5.12. The van der Waals surface area contributed by atoms with Gasteiger partial charge in [-0.2, -0.15) is 4.31 Å². The van der Waals surface area contributed by atoms with Gasteiger partial charge in [-0.15, -0.1) is 5.10 Å². The number of aromatic nitrogens is 3. The minimum Gasteiger partial charge on any atom is -0.481 e. The van der Waals surface area contributed by atoms with Gasteiger partial charge in [-0.25, -0.2) is 13.1 Å². The number of nitrogens with zero attached hydrogens (tertiary/aromatic N) is 4. The minimum atomic E-state index is -3.76. The summed E-state index contributed by atoms with van der Waals surface area (Å²) >= 11 is 3.03. The molecule has 1 unspecified atom stereocenters. The van der Waals surface area contributed by atoms with Crippen molar-refractivity contribution >= 4 is 31.9 Å². The number of aliphatic carboxylic acids is 1. The van der Waals surface area contributed by atoms with Gasteiger partial charge in [-0.1, -0.05) is 5.21 Å². The molecule has 2 rings (SSSR count). The molecule has 100 valence electrons. The maximum Gasteiger partial charge on any atom is 0.307 e. The number of hydrogen-bond acceptors (Lipinski definition) is 5. The van der Waals surface area contributed by atoms with Gasteiger partial charge < -0.3 is 5.11 Å². The van der Waals surface area contributed by atoms with Gasteiger partial charge in [0.05, 0.1) is 5.92 Å². The predicted octanol–water partition coefficient (Wildman–Crippen LogP) is -0.327. The van der Waals surface area contributed by atoms with Crippen LogP contribution in [0.3, 0.4) is 0 Å². The van der Waals surface area contributed by atoms with E-state index in [4.69, 9.17) is 5.11 Å². The molecule has 0 spiro atoms. The number of halogens is 1. The minimum absolute atomic E-state index is 0.0186. The molecule has 0 amide bonds. The Kier molecular flexibility index (Phi) is 3.43. The number of rotatable bonds is 3. The number of hydrogen-bond donors (Lipinski definition) is 1. The van der Waals surface area contributed by atoms with Crippen LogP contribution in [0.2, 0.25) is 0 Å². The Morgan fingerprint density at radius 3 is 2.67 bits per heavy atom. The molecule has 0 aliphatic carbocycles. The van der Waals surface area contributed by atoms with E-state index in [1.807, 2.05) is 0 Å². The zero-order valence-electron chi connectivity index (χ0n) is 9.45. The Balaban J connectivity index is 2.32. The van der Waals surface area contributed by atoms with Crippen LogP contribution in [0.25, 0.3) is 0 Å². The van der Waals surface area contributed by atoms with Crippen molar-refractivity contribution in [2.24, 2.45) is 13.0 Å². The van der Waals surface area contributed by atoms with Crippen molar-refractivity contribution in [3.05, 3.63) is 4.60 Å². The van der Waals surface area contributed by atoms with Gasteiger partial charge in [0.25, 0.3) is 10.0 Å². The predicted molar refractivity (Wildman–Crippen MR) is 63.2 cm³/mol. The number of carboxylic acids is 1. The maximum absolute atomic E-state index is 12.3. The topological polar surface area (TPSA) is 105 Å². The molecule has 1 saturated heterocycles. The summed E-state index contributed by atoms with van der Waals surface area (Å²) in [5, 5.41) is 16.0. The van der Waals surface area contributed by atoms with Gasteiger partial charge in [-0.05, 0) is 22.4 Å². The normalized spacial score (nSPS) is 21.3. The lowest BCUT2D eigenvalue weighted by Crippen LogP contribution is -2.31. The highest BCUT2D eigenvalue weighted by Gasteiger charge is 2.38. The summed E-state index contributed by atoms with van der Waals surface area (Å²) in [5.41, 5.74) is 0. The van der Waals surface area contributed by atoms with Crippen molar-refractivity contribution in [3.8, 4) is 0 Å². The van der Waals surface area contributed by atoms with Crippen LogP contribution >= 0.6 is 15.9 Å². The summed E-state index contributed by atoms with van der Waals surface area (Å²) in [5.74, 6) is -1.63. The van der Waals surface area contributed by atoms with Gasteiger partial charge in [0.1, 0.15) is 0 Å². The lowest BCUT2D eigenvalue weighted by molar-refractivity contribution is -0.141. The summed E-state index contributed by atoms with van der Waals surface area (Å²) in [6.45, 7) is 0.173. The monoisotopic (exact) mass is 338 g/mol. The average Bonchev–Trinajstić information content (AvgIpc) is 2.85. The lowest BCUT2D eigenvalue weighted by atomic mass is 10.1. The number of carboxylic acid groups (broad SMARTS) is 1. The van der Waals surface area contributed by atoms with Gasteiger partial charge in [-0.3, -0.25) is 4.79 Å². The van der Waals surface area contributed by atoms with Gasteiger partial charge >= 0.3 is 5.97 Å². The second-order valence-corrected chi connectivity index (χ2v) is 6.60. The highest BCUT2D eigenvalue weighted by molar-refractivity contribution is 9.10. The largest absolute Gasteiger partial charge is 0.481 e. The van der Waals surface area contributed by atoms with Crippen molar-refractivity contribution in [3.63, 3.8) is 0 Å². The summed E-state index contributed by atoms with van der Waals surface area (Å²) < 4.78 is 27.0. The number of carbonyl (C=O) groups is 1. The molecule has 0 aromatic carbocycles. The molecule has 0 bridgehead atoms. The zero-order chi connectivity index (χ0) is 13.5. The molecule has 8 nitrogen and oxygen atoms in total. The average molecular weight is 339 g/mol. The Labute approximate surface area is 112 Å². The number of sulfonamides is 1. The quantitative estimate of drug-likeness (QED) is 0.809. The highest BCUT2D eigenvalue weighted by Crippen LogP contribution is 2.27. The highest BCUT2D eigenvalue weighted by atomic mass is 79.9. The van der Waals surface area contributed by atoms with E-state index in [0.717, 1.165) is 8.99 Å². The summed E-state index contributed by atoms with van der Waals surface area (Å²) in [6.07, 6.45) is 0.317. The van der Waals surface area contributed by atoms with Gasteiger partial charge in [0, 0.05) is 20.1 Å². The molecule has 2 heterocycles. The van der Waals surface area contributed by atoms with Crippen molar-refractivity contribution in [2.75, 3.05) is 13.1 Å². The Hall–Kier alpha value is -1.00. The Morgan fingerprint density at radius 1 is 1.56 bits per heavy atom. The SMILES string of the molecule is Cn1nnc(Br)c1S(=O)(=O)N1CCC(C(=O)O)C1. The fourth-order valence-corrected chi connectivity index (χ4v) is 4.40. The van der Waals surface area contributed by atoms with Gasteiger partial charge in [0.2, 0.25) is 5.03 Å². The first-order valence-corrected chi connectivity index (χ1v) is 7.35. The van der Waals surface area contributed by atoms with Crippen molar-refractivity contribution in [1.82, 2.24) is 19.3 Å². The van der Waals surface area contributed by atoms with E-state index in [0.29, 0.717) is 6.42 Å². The van der Waals surface area contributed by atoms with Crippen LogP contribution in [0, 0.1) is 5.92 Å². The fourth-order valence-electron chi connectivity index (χ4n) is 1.87. The molecule has 1 aliphatic heterocycles. The Morgan fingerprint density at radius 2 is 2.22 bits per heavy atom. The van der Waals surface area contributed by atoms with E-state index in [2.05, 4.69) is 26.2 Å². The third-order valence-electron chi connectivity index (χ3n) is 2.82. The van der Waals surface area contributed by atoms with Crippen molar-refractivity contribution in [2.45, 2.75) is 11.4 Å². The maximum atomic E-state index is 12.3. The van der Waals surface area contributed by atoms with Crippen LogP contribution in [-0.2, 0) is 21.9 Å². The van der Waals surface area contributed by atoms with E-state index >= 15 is 0 Å². The first-order chi connectivity index (χ1) is 8.34. The van der Waals surface area contributed by atoms with Crippen LogP contribution < -0.4 is 0 Å². The summed E-state index contributed by atoms with van der Waals surface area (Å²) in [6, 6.07) is 0. The smallest absolute Gasteiger partial charge is 0.307 e. The van der Waals surface area contributed by atoms with E-state index in [-0.39, 0.29) is 22.7 Å². The molecule has 0 saturated carbocycles. The second kappa shape index (κ2) is 4.59. The van der Waals surface area contributed by atoms with Crippen LogP contribution in [0.15, 0.2) is 9.63 Å². The molecular weight excluding hydrogens is 328 g/mol. The van der Waals surface area contributed by atoms with Crippen LogP contribution in [0.5, 0.6) is 0 Å². The van der Waals surface area contributed by atoms with Crippen molar-refractivity contribution in [1.29, 1.82) is 0 Å². The van der Waals surface area contributed by atoms with Crippen molar-refractivity contribution < 1.29 is 18.3 Å². The Bertz CT molecular complexity index is 564. The third-order valence-corrected chi connectivity index (χ3v) is 5.58. The third kappa shape index (κ3) is 2.15. The zero-order valence-corrected chi connectivity index (χ0v) is 11.8. The fraction of sp³-hybridized carbons (Fsp3) is 0.625. The number of aryl methyl sites for hydroxylation is 1. The molecule has 0 radical (unpaired) electrons. The summed E-state index contributed by atoms with van der Waals surface area (Å²) in [4.78, 5) is 10.8. The molecule has 1 atom stereocenters. The molecule has 1 aliphatic rings. The van der Waals surface area contributed by atoms with Crippen LogP contribution in [0.4, 0.5) is 0 Å². The standard InChI is InChI=1S/C8H11BrN4O4S/c1-12-7(6(9)10-11-12)18(16,17)13-3-2-5(4-13)8(14)15/h5H,2-4H2,1H3,(H,14,15). The molecule has 1 N–H and O–H groups in total. The molecule has 10 heteroatoms. The second-order valence-electron chi connectivity index (χ2n) is 4.00. The molecular formula is C8H11BrN4O4S. The first kappa shape index (κ1) is 13.4. The van der Waals surface area contributed by atoms with E-state index in [1.165, 1.54) is 7.05 Å². The molecule has 1 aromatic heterocycles. The summed E-state index contributed by atoms with van der Waals surface area (Å²) in [7, 11) is -2.29. The van der Waals surface area contributed by atoms with E-state index < -0.39 is 21.9 Å². The molecule has 18 heavy (non-hydrogen) atoms.